The number of nitrogens with zero attached hydrogens (tertiary/aromatic N) is 3. The van der Waals surface area contributed by atoms with Crippen molar-refractivity contribution in [2.75, 3.05) is 19.5 Å². The number of hydrogen-bond acceptors (Lipinski definition) is 7. The minimum Gasteiger partial charge on any atom is -0.490 e. The first-order chi connectivity index (χ1) is 10.0. The Morgan fingerprint density at radius 3 is 2.71 bits per heavy atom. The first kappa shape index (κ1) is 14.2. The van der Waals surface area contributed by atoms with Gasteiger partial charge in [-0.25, -0.2) is 5.10 Å². The third-order valence-corrected chi connectivity index (χ3v) is 2.52. The average Bonchev–Trinajstić information content (AvgIpc) is 2.94. The van der Waals surface area contributed by atoms with Gasteiger partial charge in [-0.1, -0.05) is 0 Å². The Morgan fingerprint density at radius 2 is 2.14 bits per heavy atom. The number of hydrogen-bond donors (Lipinski definition) is 2. The minimum absolute atomic E-state index is 0.0611. The van der Waals surface area contributed by atoms with Gasteiger partial charge in [0.2, 0.25) is 5.95 Å². The number of ether oxygens (including phenoxy) is 2. The van der Waals surface area contributed by atoms with Crippen molar-refractivity contribution in [3.8, 4) is 11.8 Å². The summed E-state index contributed by atoms with van der Waals surface area (Å²) in [6.45, 7) is 0. The van der Waals surface area contributed by atoms with Crippen LogP contribution in [0.3, 0.4) is 0 Å². The number of nitrogens with one attached hydrogen (secondary N) is 2. The maximum atomic E-state index is 12.0. The van der Waals surface area contributed by atoms with Gasteiger partial charge in [-0.05, 0) is 12.1 Å². The highest BCUT2D eigenvalue weighted by molar-refractivity contribution is 6.03. The van der Waals surface area contributed by atoms with E-state index in [9.17, 15) is 14.9 Å². The monoisotopic (exact) mass is 293 g/mol. The molecule has 0 radical (unpaired) electrons. The van der Waals surface area contributed by atoms with Crippen LogP contribution < -0.4 is 14.8 Å². The number of aromatic nitrogens is 3. The zero-order chi connectivity index (χ0) is 15.4. The molecule has 2 rings (SSSR count). The predicted molar refractivity (Wildman–Crippen MR) is 70.5 cm³/mol. The zero-order valence-corrected chi connectivity index (χ0v) is 11.1. The summed E-state index contributed by atoms with van der Waals surface area (Å²) in [5.41, 5.74) is -0.224. The second-order valence-corrected chi connectivity index (χ2v) is 3.77. The highest BCUT2D eigenvalue weighted by Gasteiger charge is 2.19. The molecule has 0 aliphatic heterocycles. The molecule has 0 saturated heterocycles. The normalized spacial score (nSPS) is 10.0. The molecule has 0 aliphatic carbocycles. The van der Waals surface area contributed by atoms with Gasteiger partial charge in [-0.2, -0.15) is 4.98 Å². The van der Waals surface area contributed by atoms with Gasteiger partial charge in [-0.3, -0.25) is 20.2 Å². The average molecular weight is 293 g/mol. The second-order valence-electron chi connectivity index (χ2n) is 3.77. The molecule has 0 saturated carbocycles. The van der Waals surface area contributed by atoms with Gasteiger partial charge in [0.15, 0.2) is 5.75 Å². The highest BCUT2D eigenvalue weighted by atomic mass is 16.6. The van der Waals surface area contributed by atoms with Gasteiger partial charge in [0, 0.05) is 11.6 Å². The largest absolute Gasteiger partial charge is 0.490 e. The molecule has 1 heterocycles. The fraction of sp³-hybridized carbons (Fsp3) is 0.182. The fourth-order valence-corrected chi connectivity index (χ4v) is 1.55. The van der Waals surface area contributed by atoms with E-state index in [1.807, 2.05) is 0 Å². The molecule has 110 valence electrons. The molecule has 0 fully saturated rings. The number of amides is 1. The van der Waals surface area contributed by atoms with Crippen LogP contribution in [0.25, 0.3) is 0 Å². The van der Waals surface area contributed by atoms with E-state index in [1.165, 1.54) is 26.4 Å². The highest BCUT2D eigenvalue weighted by Crippen LogP contribution is 2.27. The maximum absolute atomic E-state index is 12.0. The quantitative estimate of drug-likeness (QED) is 0.620. The number of nitro groups is 1. The van der Waals surface area contributed by atoms with Gasteiger partial charge in [0.25, 0.3) is 5.91 Å². The Morgan fingerprint density at radius 1 is 1.38 bits per heavy atom. The summed E-state index contributed by atoms with van der Waals surface area (Å²) in [5, 5.41) is 19.4. The van der Waals surface area contributed by atoms with Crippen LogP contribution in [-0.4, -0.2) is 40.2 Å². The lowest BCUT2D eigenvalue weighted by molar-refractivity contribution is -0.385. The molecule has 0 bridgehead atoms. The Labute approximate surface area is 118 Å². The fourth-order valence-electron chi connectivity index (χ4n) is 1.55. The first-order valence-electron chi connectivity index (χ1n) is 5.65. The van der Waals surface area contributed by atoms with E-state index in [0.29, 0.717) is 0 Å². The molecule has 0 atom stereocenters. The number of carbonyl (C=O) groups is 1. The van der Waals surface area contributed by atoms with Crippen molar-refractivity contribution in [2.24, 2.45) is 0 Å². The number of rotatable bonds is 5. The summed E-state index contributed by atoms with van der Waals surface area (Å²) >= 11 is 0. The maximum Gasteiger partial charge on any atom is 0.336 e. The summed E-state index contributed by atoms with van der Waals surface area (Å²) in [5.74, 6) is -0.451. The van der Waals surface area contributed by atoms with E-state index < -0.39 is 10.8 Å². The van der Waals surface area contributed by atoms with Gasteiger partial charge in [0.05, 0.1) is 19.1 Å². The number of H-pyrrole nitrogens is 1. The molecule has 21 heavy (non-hydrogen) atoms. The summed E-state index contributed by atoms with van der Waals surface area (Å²) < 4.78 is 9.61. The van der Waals surface area contributed by atoms with Crippen molar-refractivity contribution < 1.29 is 19.2 Å². The van der Waals surface area contributed by atoms with E-state index in [4.69, 9.17) is 9.47 Å². The summed E-state index contributed by atoms with van der Waals surface area (Å²) in [6.07, 6.45) is 0. The van der Waals surface area contributed by atoms with Crippen LogP contribution in [0.5, 0.6) is 11.8 Å². The molecule has 1 amide bonds. The van der Waals surface area contributed by atoms with Crippen LogP contribution in [0.4, 0.5) is 11.6 Å². The van der Waals surface area contributed by atoms with E-state index >= 15 is 0 Å². The number of nitro benzene ring substituents is 1. The van der Waals surface area contributed by atoms with Crippen molar-refractivity contribution in [2.45, 2.75) is 0 Å². The molecule has 2 N–H and O–H groups in total. The number of carbonyl (C=O) groups excluding carboxylic acids is 1. The zero-order valence-electron chi connectivity index (χ0n) is 11.1. The molecule has 0 aliphatic rings. The van der Waals surface area contributed by atoms with Crippen LogP contribution in [0, 0.1) is 10.1 Å². The van der Waals surface area contributed by atoms with Crippen LogP contribution in [0.2, 0.25) is 0 Å². The first-order valence-corrected chi connectivity index (χ1v) is 5.65. The number of anilines is 1. The Hall–Kier alpha value is -3.17. The third-order valence-electron chi connectivity index (χ3n) is 2.52. The van der Waals surface area contributed by atoms with Crippen molar-refractivity contribution >= 4 is 17.5 Å². The molecule has 1 aromatic carbocycles. The molecule has 2 aromatic rings. The summed E-state index contributed by atoms with van der Waals surface area (Å²) in [4.78, 5) is 26.1. The van der Waals surface area contributed by atoms with Crippen LogP contribution >= 0.6 is 0 Å². The Balaban J connectivity index is 2.22. The number of aromatic amines is 1. The number of methoxy groups -OCH3 is 2. The molecule has 10 heteroatoms. The van der Waals surface area contributed by atoms with Crippen molar-refractivity contribution in [3.63, 3.8) is 0 Å². The third kappa shape index (κ3) is 3.05. The predicted octanol–water partition coefficient (Wildman–Crippen LogP) is 0.982. The molecular formula is C11H11N5O5. The van der Waals surface area contributed by atoms with E-state index in [1.54, 1.807) is 0 Å². The van der Waals surface area contributed by atoms with Crippen molar-refractivity contribution in [1.29, 1.82) is 0 Å². The lowest BCUT2D eigenvalue weighted by Gasteiger charge is -2.04. The smallest absolute Gasteiger partial charge is 0.336 e. The lowest BCUT2D eigenvalue weighted by atomic mass is 10.2. The molecule has 10 nitrogen and oxygen atoms in total. The molecule has 1 aromatic heterocycles. The summed E-state index contributed by atoms with van der Waals surface area (Å²) in [6, 6.07) is 3.91. The topological polar surface area (TPSA) is 132 Å². The summed E-state index contributed by atoms with van der Waals surface area (Å²) in [7, 11) is 2.69. The number of benzene rings is 1. The minimum atomic E-state index is -0.632. The molecule has 0 unspecified atom stereocenters. The van der Waals surface area contributed by atoms with Gasteiger partial charge in [0.1, 0.15) is 0 Å². The van der Waals surface area contributed by atoms with Crippen LogP contribution in [-0.2, 0) is 0 Å². The van der Waals surface area contributed by atoms with E-state index in [-0.39, 0.29) is 29.0 Å². The molecule has 0 spiro atoms. The van der Waals surface area contributed by atoms with Crippen LogP contribution in [0.15, 0.2) is 18.2 Å². The van der Waals surface area contributed by atoms with Gasteiger partial charge < -0.3 is 9.47 Å². The second kappa shape index (κ2) is 5.86. The van der Waals surface area contributed by atoms with Crippen molar-refractivity contribution in [1.82, 2.24) is 15.2 Å². The Kier molecular flexibility index (Phi) is 3.97. The van der Waals surface area contributed by atoms with Gasteiger partial charge in [-0.15, -0.1) is 5.10 Å². The van der Waals surface area contributed by atoms with Gasteiger partial charge >= 0.3 is 11.7 Å². The van der Waals surface area contributed by atoms with E-state index in [0.717, 1.165) is 6.07 Å². The lowest BCUT2D eigenvalue weighted by Crippen LogP contribution is -2.13. The van der Waals surface area contributed by atoms with Crippen LogP contribution in [0.1, 0.15) is 10.4 Å². The SMILES string of the molecule is COc1n[nH]c(NC(=O)c2ccc(OC)c([N+](=O)[O-])c2)n1. The Bertz CT molecular complexity index is 683. The van der Waals surface area contributed by atoms with E-state index in [2.05, 4.69) is 20.5 Å². The molecular weight excluding hydrogens is 282 g/mol. The van der Waals surface area contributed by atoms with Crippen molar-refractivity contribution in [3.05, 3.63) is 33.9 Å². The standard InChI is InChI=1S/C11H11N5O5/c1-20-8-4-3-6(5-7(8)16(18)19)9(17)12-10-13-11(21-2)15-14-10/h3-5H,1-2H3,(H2,12,13,14,15,17).